The summed E-state index contributed by atoms with van der Waals surface area (Å²) in [6.45, 7) is 3.76. The summed E-state index contributed by atoms with van der Waals surface area (Å²) >= 11 is 0. The maximum atomic E-state index is 4.59. The lowest BCUT2D eigenvalue weighted by Crippen LogP contribution is -2.16. The maximum Gasteiger partial charge on any atom is 0.151 e. The lowest BCUT2D eigenvalue weighted by molar-refractivity contribution is 0.707. The van der Waals surface area contributed by atoms with Crippen molar-refractivity contribution in [3.8, 4) is 0 Å². The van der Waals surface area contributed by atoms with Crippen molar-refractivity contribution < 1.29 is 0 Å². The molecule has 0 aliphatic carbocycles. The Morgan fingerprint density at radius 1 is 1.17 bits per heavy atom. The molecular formula is C14H18N4. The average Bonchev–Trinajstić information content (AvgIpc) is 2.45. The molecule has 0 saturated carbocycles. The van der Waals surface area contributed by atoms with Crippen LogP contribution in [-0.4, -0.2) is 23.6 Å². The zero-order valence-corrected chi connectivity index (χ0v) is 10.8. The van der Waals surface area contributed by atoms with Crippen LogP contribution in [0.4, 0.5) is 11.5 Å². The van der Waals surface area contributed by atoms with Crippen LogP contribution in [0, 0.1) is 0 Å². The molecule has 0 fully saturated rings. The molecule has 0 radical (unpaired) electrons. The molecule has 0 spiro atoms. The van der Waals surface area contributed by atoms with Crippen LogP contribution in [0.15, 0.2) is 42.7 Å². The van der Waals surface area contributed by atoms with E-state index in [-0.39, 0.29) is 0 Å². The van der Waals surface area contributed by atoms with Gasteiger partial charge in [0, 0.05) is 25.5 Å². The number of nitrogens with zero attached hydrogens (tertiary/aromatic N) is 3. The summed E-state index contributed by atoms with van der Waals surface area (Å²) in [6.07, 6.45) is 3.58. The van der Waals surface area contributed by atoms with E-state index in [0.717, 1.165) is 30.3 Å². The summed E-state index contributed by atoms with van der Waals surface area (Å²) < 4.78 is 0. The molecular weight excluding hydrogens is 224 g/mol. The minimum absolute atomic E-state index is 0.750. The van der Waals surface area contributed by atoms with Crippen LogP contribution in [0.1, 0.15) is 12.6 Å². The van der Waals surface area contributed by atoms with Crippen molar-refractivity contribution in [1.82, 2.24) is 15.3 Å². The van der Waals surface area contributed by atoms with Gasteiger partial charge in [-0.15, -0.1) is 0 Å². The quantitative estimate of drug-likeness (QED) is 0.874. The second-order valence-corrected chi connectivity index (χ2v) is 4.04. The summed E-state index contributed by atoms with van der Waals surface area (Å²) in [5, 5.41) is 3.25. The van der Waals surface area contributed by atoms with Gasteiger partial charge in [0.1, 0.15) is 0 Å². The van der Waals surface area contributed by atoms with E-state index in [9.17, 15) is 0 Å². The number of hydrogen-bond acceptors (Lipinski definition) is 4. The average molecular weight is 242 g/mol. The number of anilines is 2. The molecule has 4 heteroatoms. The Hall–Kier alpha value is -1.94. The fraction of sp³-hybridized carbons (Fsp3) is 0.286. The van der Waals surface area contributed by atoms with Gasteiger partial charge >= 0.3 is 0 Å². The van der Waals surface area contributed by atoms with Crippen molar-refractivity contribution in [2.45, 2.75) is 13.5 Å². The van der Waals surface area contributed by atoms with Crippen molar-refractivity contribution in [2.75, 3.05) is 18.5 Å². The third kappa shape index (κ3) is 3.05. The van der Waals surface area contributed by atoms with Gasteiger partial charge in [-0.3, -0.25) is 4.98 Å². The summed E-state index contributed by atoms with van der Waals surface area (Å²) in [7, 11) is 2.00. The van der Waals surface area contributed by atoms with E-state index in [2.05, 4.69) is 34.3 Å². The topological polar surface area (TPSA) is 41.1 Å². The van der Waals surface area contributed by atoms with Gasteiger partial charge in [-0.25, -0.2) is 4.98 Å². The Morgan fingerprint density at radius 3 is 2.67 bits per heavy atom. The zero-order valence-electron chi connectivity index (χ0n) is 10.8. The lowest BCUT2D eigenvalue weighted by Gasteiger charge is -2.18. The molecule has 1 N–H and O–H groups in total. The highest BCUT2D eigenvalue weighted by atomic mass is 15.2. The Bertz CT molecular complexity index is 484. The second kappa shape index (κ2) is 6.12. The standard InChI is InChI=1S/C14H18N4/c1-3-15-9-12-10-16-11-14(17-12)18(2)13-7-5-4-6-8-13/h4-8,10-11,15H,3,9H2,1-2H3. The molecule has 94 valence electrons. The fourth-order valence-corrected chi connectivity index (χ4v) is 1.68. The van der Waals surface area contributed by atoms with Crippen LogP contribution in [0.3, 0.4) is 0 Å². The fourth-order valence-electron chi connectivity index (χ4n) is 1.68. The molecule has 4 nitrogen and oxygen atoms in total. The molecule has 0 saturated heterocycles. The number of hydrogen-bond donors (Lipinski definition) is 1. The van der Waals surface area contributed by atoms with Gasteiger partial charge in [-0.1, -0.05) is 25.1 Å². The van der Waals surface area contributed by atoms with Crippen molar-refractivity contribution in [2.24, 2.45) is 0 Å². The monoisotopic (exact) mass is 242 g/mol. The van der Waals surface area contributed by atoms with Gasteiger partial charge in [0.2, 0.25) is 0 Å². The highest BCUT2D eigenvalue weighted by Crippen LogP contribution is 2.20. The van der Waals surface area contributed by atoms with E-state index in [1.165, 1.54) is 0 Å². The summed E-state index contributed by atoms with van der Waals surface area (Å²) in [5.74, 6) is 0.858. The highest BCUT2D eigenvalue weighted by Gasteiger charge is 2.06. The smallest absolute Gasteiger partial charge is 0.151 e. The van der Waals surface area contributed by atoms with Gasteiger partial charge in [-0.05, 0) is 18.7 Å². The number of aromatic nitrogens is 2. The molecule has 2 aromatic rings. The first-order chi connectivity index (χ1) is 8.81. The predicted molar refractivity (Wildman–Crippen MR) is 73.9 cm³/mol. The number of benzene rings is 1. The van der Waals surface area contributed by atoms with E-state index in [1.54, 1.807) is 12.4 Å². The van der Waals surface area contributed by atoms with Gasteiger partial charge < -0.3 is 10.2 Å². The van der Waals surface area contributed by atoms with Gasteiger partial charge in [-0.2, -0.15) is 0 Å². The Morgan fingerprint density at radius 2 is 1.94 bits per heavy atom. The molecule has 0 atom stereocenters. The summed E-state index contributed by atoms with van der Waals surface area (Å²) in [5.41, 5.74) is 2.06. The minimum atomic E-state index is 0.750. The van der Waals surface area contributed by atoms with E-state index in [1.807, 2.05) is 30.1 Å². The Kier molecular flexibility index (Phi) is 4.25. The second-order valence-electron chi connectivity index (χ2n) is 4.04. The normalized spacial score (nSPS) is 10.3. The number of para-hydroxylation sites is 1. The molecule has 0 aliphatic rings. The first-order valence-corrected chi connectivity index (χ1v) is 6.11. The maximum absolute atomic E-state index is 4.59. The number of rotatable bonds is 5. The molecule has 0 unspecified atom stereocenters. The van der Waals surface area contributed by atoms with Crippen molar-refractivity contribution in [1.29, 1.82) is 0 Å². The van der Waals surface area contributed by atoms with Crippen molar-refractivity contribution >= 4 is 11.5 Å². The van der Waals surface area contributed by atoms with E-state index >= 15 is 0 Å². The SMILES string of the molecule is CCNCc1cncc(N(C)c2ccccc2)n1. The third-order valence-electron chi connectivity index (χ3n) is 2.71. The van der Waals surface area contributed by atoms with Crippen LogP contribution in [0.2, 0.25) is 0 Å². The van der Waals surface area contributed by atoms with Crippen LogP contribution in [0.25, 0.3) is 0 Å². The van der Waals surface area contributed by atoms with Crippen molar-refractivity contribution in [3.63, 3.8) is 0 Å². The summed E-state index contributed by atoms with van der Waals surface area (Å²) in [4.78, 5) is 10.9. The van der Waals surface area contributed by atoms with Gasteiger partial charge in [0.25, 0.3) is 0 Å². The van der Waals surface area contributed by atoms with E-state index < -0.39 is 0 Å². The molecule has 0 bridgehead atoms. The Labute approximate surface area is 108 Å². The molecule has 1 aromatic carbocycles. The van der Waals surface area contributed by atoms with Crippen LogP contribution in [-0.2, 0) is 6.54 Å². The highest BCUT2D eigenvalue weighted by molar-refractivity contribution is 5.57. The molecule has 1 heterocycles. The number of nitrogens with one attached hydrogen (secondary N) is 1. The third-order valence-corrected chi connectivity index (χ3v) is 2.71. The molecule has 1 aromatic heterocycles. The lowest BCUT2D eigenvalue weighted by atomic mass is 10.3. The molecule has 0 aliphatic heterocycles. The molecule has 0 amide bonds. The van der Waals surface area contributed by atoms with E-state index in [0.29, 0.717) is 0 Å². The largest absolute Gasteiger partial charge is 0.328 e. The van der Waals surface area contributed by atoms with E-state index in [4.69, 9.17) is 0 Å². The van der Waals surface area contributed by atoms with Gasteiger partial charge in [0.05, 0.1) is 11.9 Å². The summed E-state index contributed by atoms with van der Waals surface area (Å²) in [6, 6.07) is 10.1. The van der Waals surface area contributed by atoms with Gasteiger partial charge in [0.15, 0.2) is 5.82 Å². The molecule has 18 heavy (non-hydrogen) atoms. The van der Waals surface area contributed by atoms with Crippen molar-refractivity contribution in [3.05, 3.63) is 48.4 Å². The first-order valence-electron chi connectivity index (χ1n) is 6.11. The Balaban J connectivity index is 2.17. The van der Waals surface area contributed by atoms with Crippen LogP contribution in [0.5, 0.6) is 0 Å². The van der Waals surface area contributed by atoms with Crippen LogP contribution >= 0.6 is 0 Å². The molecule has 2 rings (SSSR count). The minimum Gasteiger partial charge on any atom is -0.328 e. The van der Waals surface area contributed by atoms with Crippen LogP contribution < -0.4 is 10.2 Å². The first kappa shape index (κ1) is 12.5. The zero-order chi connectivity index (χ0) is 12.8. The predicted octanol–water partition coefficient (Wildman–Crippen LogP) is 2.35.